The van der Waals surface area contributed by atoms with Crippen molar-refractivity contribution >= 4 is 11.8 Å². The third-order valence-electron chi connectivity index (χ3n) is 5.20. The van der Waals surface area contributed by atoms with Crippen LogP contribution in [-0.2, 0) is 9.59 Å². The Morgan fingerprint density at radius 1 is 1.00 bits per heavy atom. The maximum Gasteiger partial charge on any atom is 0.251 e. The number of nitrogens with one attached hydrogen (secondary N) is 4. The van der Waals surface area contributed by atoms with Crippen LogP contribution in [-0.4, -0.2) is 43.5 Å². The molecule has 1 aliphatic carbocycles. The van der Waals surface area contributed by atoms with Crippen molar-refractivity contribution < 1.29 is 9.59 Å². The quantitative estimate of drug-likeness (QED) is 0.607. The monoisotopic (exact) mass is 332 g/mol. The normalized spacial score (nSPS) is 27.8. The number of hydrogen-bond acceptors (Lipinski definition) is 4. The molecule has 0 aromatic heterocycles. The van der Waals surface area contributed by atoms with Crippen LogP contribution in [0.4, 0.5) is 0 Å². The summed E-state index contributed by atoms with van der Waals surface area (Å²) in [5.41, 5.74) is 0.697. The fraction of sp³-hybridized carbons (Fsp3) is 0.667. The lowest BCUT2D eigenvalue weighted by molar-refractivity contribution is -0.127. The van der Waals surface area contributed by atoms with Crippen LogP contribution in [0.25, 0.3) is 0 Å². The number of hydrogen-bond donors (Lipinski definition) is 4. The highest BCUT2D eigenvalue weighted by molar-refractivity contribution is 5.96. The van der Waals surface area contributed by atoms with Crippen molar-refractivity contribution in [3.63, 3.8) is 0 Å². The second kappa shape index (κ2) is 8.33. The van der Waals surface area contributed by atoms with E-state index in [2.05, 4.69) is 21.3 Å². The molecule has 0 spiro atoms. The zero-order valence-corrected chi connectivity index (χ0v) is 14.1. The molecule has 2 atom stereocenters. The predicted molar refractivity (Wildman–Crippen MR) is 93.1 cm³/mol. The van der Waals surface area contributed by atoms with Crippen LogP contribution in [0.5, 0.6) is 0 Å². The van der Waals surface area contributed by atoms with Gasteiger partial charge in [-0.3, -0.25) is 9.59 Å². The zero-order chi connectivity index (χ0) is 16.8. The topological polar surface area (TPSA) is 82.3 Å². The minimum atomic E-state index is -0.0410. The van der Waals surface area contributed by atoms with Crippen LogP contribution in [0.2, 0.25) is 0 Å². The van der Waals surface area contributed by atoms with E-state index in [1.54, 1.807) is 12.3 Å². The summed E-state index contributed by atoms with van der Waals surface area (Å²) >= 11 is 0. The van der Waals surface area contributed by atoms with Crippen LogP contribution < -0.4 is 21.3 Å². The highest BCUT2D eigenvalue weighted by Gasteiger charge is 2.30. The van der Waals surface area contributed by atoms with Crippen molar-refractivity contribution in [2.75, 3.05) is 19.6 Å². The van der Waals surface area contributed by atoms with E-state index in [-0.39, 0.29) is 29.8 Å². The number of carbonyl (C=O) groups excluding carboxylic acids is 2. The van der Waals surface area contributed by atoms with Gasteiger partial charge in [0.15, 0.2) is 0 Å². The van der Waals surface area contributed by atoms with Crippen LogP contribution in [0.15, 0.2) is 23.9 Å². The number of dihydropyridines is 1. The number of carbonyl (C=O) groups is 2. The Bertz CT molecular complexity index is 523. The van der Waals surface area contributed by atoms with Gasteiger partial charge in [0.25, 0.3) is 5.91 Å². The van der Waals surface area contributed by atoms with E-state index >= 15 is 0 Å². The fourth-order valence-electron chi connectivity index (χ4n) is 3.73. The van der Waals surface area contributed by atoms with Gasteiger partial charge in [0, 0.05) is 30.1 Å². The highest BCUT2D eigenvalue weighted by Crippen LogP contribution is 2.21. The van der Waals surface area contributed by atoms with Gasteiger partial charge in [-0.05, 0) is 51.0 Å². The molecule has 4 N–H and O–H groups in total. The maximum atomic E-state index is 12.5. The molecule has 1 saturated heterocycles. The molecule has 2 heterocycles. The van der Waals surface area contributed by atoms with Crippen molar-refractivity contribution in [3.8, 4) is 0 Å². The molecule has 1 saturated carbocycles. The molecule has 3 rings (SSSR count). The van der Waals surface area contributed by atoms with E-state index in [1.165, 1.54) is 0 Å². The van der Waals surface area contributed by atoms with Crippen LogP contribution in [0, 0.1) is 5.92 Å². The minimum Gasteiger partial charge on any atom is -0.387 e. The van der Waals surface area contributed by atoms with Gasteiger partial charge in [-0.2, -0.15) is 0 Å². The number of amides is 2. The van der Waals surface area contributed by atoms with E-state index in [1.807, 2.05) is 6.08 Å². The summed E-state index contributed by atoms with van der Waals surface area (Å²) in [5.74, 6) is 0.226. The van der Waals surface area contributed by atoms with E-state index in [0.29, 0.717) is 12.1 Å². The lowest BCUT2D eigenvalue weighted by atomic mass is 9.88. The summed E-state index contributed by atoms with van der Waals surface area (Å²) in [4.78, 5) is 24.9. The largest absolute Gasteiger partial charge is 0.387 e. The van der Waals surface area contributed by atoms with Gasteiger partial charge in [-0.1, -0.05) is 18.9 Å². The Balaban J connectivity index is 1.56. The first-order valence-electron chi connectivity index (χ1n) is 9.16. The Kier molecular flexibility index (Phi) is 5.91. The van der Waals surface area contributed by atoms with Crippen LogP contribution >= 0.6 is 0 Å². The van der Waals surface area contributed by atoms with Gasteiger partial charge in [0.1, 0.15) is 0 Å². The van der Waals surface area contributed by atoms with Gasteiger partial charge in [-0.15, -0.1) is 0 Å². The molecular weight excluding hydrogens is 304 g/mol. The van der Waals surface area contributed by atoms with Crippen molar-refractivity contribution in [3.05, 3.63) is 23.9 Å². The summed E-state index contributed by atoms with van der Waals surface area (Å²) < 4.78 is 0. The van der Waals surface area contributed by atoms with Gasteiger partial charge >= 0.3 is 0 Å². The Morgan fingerprint density at radius 2 is 1.71 bits per heavy atom. The molecule has 2 unspecified atom stereocenters. The van der Waals surface area contributed by atoms with Gasteiger partial charge in [-0.25, -0.2) is 0 Å². The molecule has 0 aromatic rings. The SMILES string of the molecule is O=C(NC1CCCCC1NC(=O)C1CCNCC1)C1=CCNC=C1. The molecule has 2 aliphatic heterocycles. The van der Waals surface area contributed by atoms with Crippen molar-refractivity contribution in [1.29, 1.82) is 0 Å². The summed E-state index contributed by atoms with van der Waals surface area (Å²) in [7, 11) is 0. The van der Waals surface area contributed by atoms with E-state index < -0.39 is 0 Å². The smallest absolute Gasteiger partial charge is 0.251 e. The molecule has 6 heteroatoms. The van der Waals surface area contributed by atoms with Gasteiger partial charge in [0.05, 0.1) is 0 Å². The molecule has 2 fully saturated rings. The first-order valence-corrected chi connectivity index (χ1v) is 9.16. The highest BCUT2D eigenvalue weighted by atomic mass is 16.2. The second-order valence-electron chi connectivity index (χ2n) is 6.90. The zero-order valence-electron chi connectivity index (χ0n) is 14.1. The van der Waals surface area contributed by atoms with E-state index in [9.17, 15) is 9.59 Å². The summed E-state index contributed by atoms with van der Waals surface area (Å²) in [6.07, 6.45) is 11.4. The summed E-state index contributed by atoms with van der Waals surface area (Å²) in [6, 6.07) is 0.0810. The lowest BCUT2D eigenvalue weighted by Crippen LogP contribution is -2.55. The molecule has 6 nitrogen and oxygen atoms in total. The Labute approximate surface area is 143 Å². The molecular formula is C18H28N4O2. The van der Waals surface area contributed by atoms with E-state index in [4.69, 9.17) is 0 Å². The molecule has 24 heavy (non-hydrogen) atoms. The second-order valence-corrected chi connectivity index (χ2v) is 6.90. The third-order valence-corrected chi connectivity index (χ3v) is 5.20. The fourth-order valence-corrected chi connectivity index (χ4v) is 3.73. The Hall–Kier alpha value is -1.82. The standard InChI is InChI=1S/C18H28N4O2/c23-17(13-5-9-19-10-6-13)21-15-3-1-2-4-16(15)22-18(24)14-7-11-20-12-8-14/h5-6,9,14-16,19-20H,1-4,7-8,10-12H2,(H,21,23)(H,22,24). The van der Waals surface area contributed by atoms with E-state index in [0.717, 1.165) is 51.6 Å². The van der Waals surface area contributed by atoms with Crippen LogP contribution in [0.3, 0.4) is 0 Å². The summed E-state index contributed by atoms with van der Waals surface area (Å²) in [6.45, 7) is 2.51. The maximum absolute atomic E-state index is 12.5. The first-order chi connectivity index (χ1) is 11.7. The van der Waals surface area contributed by atoms with Crippen LogP contribution in [0.1, 0.15) is 38.5 Å². The average molecular weight is 332 g/mol. The third kappa shape index (κ3) is 4.38. The van der Waals surface area contributed by atoms with Gasteiger partial charge in [0.2, 0.25) is 5.91 Å². The summed E-state index contributed by atoms with van der Waals surface area (Å²) in [5, 5.41) is 12.7. The number of rotatable bonds is 4. The predicted octanol–water partition coefficient (Wildman–Crippen LogP) is 0.573. The molecule has 3 aliphatic rings. The van der Waals surface area contributed by atoms with Crippen molar-refractivity contribution in [1.82, 2.24) is 21.3 Å². The molecule has 0 radical (unpaired) electrons. The molecule has 132 valence electrons. The molecule has 0 bridgehead atoms. The first kappa shape index (κ1) is 17.0. The van der Waals surface area contributed by atoms with Crippen molar-refractivity contribution in [2.45, 2.75) is 50.6 Å². The minimum absolute atomic E-state index is 0.0288. The molecule has 0 aromatic carbocycles. The lowest BCUT2D eigenvalue weighted by Gasteiger charge is -2.34. The average Bonchev–Trinajstić information content (AvgIpc) is 2.64. The van der Waals surface area contributed by atoms with Crippen molar-refractivity contribution in [2.24, 2.45) is 5.92 Å². The Morgan fingerprint density at radius 3 is 2.38 bits per heavy atom. The van der Waals surface area contributed by atoms with Gasteiger partial charge < -0.3 is 21.3 Å². The molecule has 2 amide bonds. The number of piperidine rings is 1.